The van der Waals surface area contributed by atoms with E-state index in [-0.39, 0.29) is 11.7 Å². The number of benzene rings is 1. The fraction of sp³-hybridized carbons (Fsp3) is 0.562. The highest BCUT2D eigenvalue weighted by molar-refractivity contribution is 5.98. The predicted octanol–water partition coefficient (Wildman–Crippen LogP) is 2.79. The summed E-state index contributed by atoms with van der Waals surface area (Å²) in [6.07, 6.45) is 2.38. The average molecular weight is 293 g/mol. The fourth-order valence-corrected chi connectivity index (χ4v) is 3.00. The Morgan fingerprint density at radius 2 is 2.10 bits per heavy atom. The third-order valence-corrected chi connectivity index (χ3v) is 4.42. The molecule has 0 aromatic heterocycles. The number of piperidine rings is 1. The van der Waals surface area contributed by atoms with E-state index in [0.717, 1.165) is 30.5 Å². The van der Waals surface area contributed by atoms with E-state index < -0.39 is 0 Å². The van der Waals surface area contributed by atoms with Gasteiger partial charge >= 0.3 is 0 Å². The van der Waals surface area contributed by atoms with Crippen molar-refractivity contribution in [2.45, 2.75) is 33.2 Å². The van der Waals surface area contributed by atoms with E-state index >= 15 is 0 Å². The van der Waals surface area contributed by atoms with E-state index in [2.05, 4.69) is 23.9 Å². The summed E-state index contributed by atoms with van der Waals surface area (Å²) in [5.41, 5.74) is 7.02. The third kappa shape index (κ3) is 3.94. The van der Waals surface area contributed by atoms with E-state index in [4.69, 9.17) is 10.9 Å². The Morgan fingerprint density at radius 1 is 1.43 bits per heavy atom. The van der Waals surface area contributed by atoms with Crippen LogP contribution in [0.1, 0.15) is 37.8 Å². The van der Waals surface area contributed by atoms with Gasteiger partial charge in [-0.05, 0) is 55.5 Å². The fourth-order valence-electron chi connectivity index (χ4n) is 3.00. The van der Waals surface area contributed by atoms with Crippen molar-refractivity contribution in [1.82, 2.24) is 4.90 Å². The summed E-state index contributed by atoms with van der Waals surface area (Å²) in [5, 5.41) is 11.8. The zero-order valence-electron chi connectivity index (χ0n) is 12.7. The third-order valence-electron chi connectivity index (χ3n) is 4.42. The molecule has 0 aliphatic carbocycles. The molecule has 21 heavy (non-hydrogen) atoms. The molecule has 0 unspecified atom stereocenters. The van der Waals surface area contributed by atoms with E-state index in [9.17, 15) is 4.39 Å². The molecular weight excluding hydrogens is 269 g/mol. The molecule has 0 spiro atoms. The van der Waals surface area contributed by atoms with Crippen molar-refractivity contribution in [3.63, 3.8) is 0 Å². The van der Waals surface area contributed by atoms with Gasteiger partial charge in [-0.15, -0.1) is 0 Å². The molecule has 1 fully saturated rings. The van der Waals surface area contributed by atoms with Gasteiger partial charge in [0.2, 0.25) is 0 Å². The largest absolute Gasteiger partial charge is 0.409 e. The molecule has 3 N–H and O–H groups in total. The van der Waals surface area contributed by atoms with Gasteiger partial charge in [-0.1, -0.05) is 25.1 Å². The highest BCUT2D eigenvalue weighted by atomic mass is 19.1. The summed E-state index contributed by atoms with van der Waals surface area (Å²) >= 11 is 0. The van der Waals surface area contributed by atoms with Crippen molar-refractivity contribution in [2.24, 2.45) is 22.7 Å². The Hall–Kier alpha value is -1.62. The monoisotopic (exact) mass is 293 g/mol. The first kappa shape index (κ1) is 15.8. The van der Waals surface area contributed by atoms with E-state index in [1.807, 2.05) is 0 Å². The maximum atomic E-state index is 13.4. The Labute approximate surface area is 125 Å². The SMILES string of the molecule is CC(C)C1CCN(Cc2ccc(F)cc2/C(N)=N/O)CC1. The van der Waals surface area contributed by atoms with Crippen LogP contribution in [-0.4, -0.2) is 29.0 Å². The average Bonchev–Trinajstić information content (AvgIpc) is 2.48. The van der Waals surface area contributed by atoms with Crippen molar-refractivity contribution in [3.8, 4) is 0 Å². The lowest BCUT2D eigenvalue weighted by atomic mass is 9.86. The van der Waals surface area contributed by atoms with Crippen LogP contribution < -0.4 is 5.73 Å². The highest BCUT2D eigenvalue weighted by Crippen LogP contribution is 2.25. The number of hydrogen-bond acceptors (Lipinski definition) is 3. The van der Waals surface area contributed by atoms with Crippen molar-refractivity contribution in [1.29, 1.82) is 0 Å². The Balaban J connectivity index is 2.07. The smallest absolute Gasteiger partial charge is 0.170 e. The molecule has 1 heterocycles. The molecule has 0 atom stereocenters. The highest BCUT2D eigenvalue weighted by Gasteiger charge is 2.22. The normalized spacial score (nSPS) is 18.4. The quantitative estimate of drug-likeness (QED) is 0.388. The number of nitrogens with zero attached hydrogens (tertiary/aromatic N) is 2. The van der Waals surface area contributed by atoms with Crippen LogP contribution in [0.5, 0.6) is 0 Å². The second-order valence-corrected chi connectivity index (χ2v) is 6.14. The van der Waals surface area contributed by atoms with Crippen molar-refractivity contribution in [3.05, 3.63) is 35.1 Å². The Morgan fingerprint density at radius 3 is 2.67 bits per heavy atom. The number of hydrogen-bond donors (Lipinski definition) is 2. The summed E-state index contributed by atoms with van der Waals surface area (Å²) in [6.45, 7) is 7.33. The zero-order valence-corrected chi connectivity index (χ0v) is 12.7. The van der Waals surface area contributed by atoms with Crippen LogP contribution in [0.25, 0.3) is 0 Å². The van der Waals surface area contributed by atoms with Gasteiger partial charge in [-0.2, -0.15) is 0 Å². The lowest BCUT2D eigenvalue weighted by Crippen LogP contribution is -2.35. The van der Waals surface area contributed by atoms with Crippen molar-refractivity contribution >= 4 is 5.84 Å². The standard InChI is InChI=1S/C16H24FN3O/c1-11(2)12-5-7-20(8-6-12)10-13-3-4-14(17)9-15(13)16(18)19-21/h3-4,9,11-12,21H,5-8,10H2,1-2H3,(H2,18,19). The summed E-state index contributed by atoms with van der Waals surface area (Å²) in [5.74, 6) is 1.10. The topological polar surface area (TPSA) is 61.8 Å². The van der Waals surface area contributed by atoms with E-state index in [1.54, 1.807) is 6.07 Å². The summed E-state index contributed by atoms with van der Waals surface area (Å²) in [4.78, 5) is 2.35. The molecule has 4 nitrogen and oxygen atoms in total. The Bertz CT molecular complexity index is 508. The summed E-state index contributed by atoms with van der Waals surface area (Å²) < 4.78 is 13.4. The van der Waals surface area contributed by atoms with Gasteiger partial charge in [0.15, 0.2) is 5.84 Å². The molecule has 2 rings (SSSR count). The second-order valence-electron chi connectivity index (χ2n) is 6.14. The van der Waals surface area contributed by atoms with Crippen LogP contribution in [0.15, 0.2) is 23.4 Å². The van der Waals surface area contributed by atoms with Crippen LogP contribution in [-0.2, 0) is 6.54 Å². The molecule has 1 aromatic carbocycles. The van der Waals surface area contributed by atoms with Crippen molar-refractivity contribution < 1.29 is 9.60 Å². The minimum absolute atomic E-state index is 0.0402. The molecule has 0 radical (unpaired) electrons. The van der Waals surface area contributed by atoms with Crippen LogP contribution in [0, 0.1) is 17.7 Å². The second kappa shape index (κ2) is 6.89. The number of oxime groups is 1. The van der Waals surface area contributed by atoms with Gasteiger partial charge in [-0.25, -0.2) is 4.39 Å². The summed E-state index contributed by atoms with van der Waals surface area (Å²) in [7, 11) is 0. The number of halogens is 1. The van der Waals surface area contributed by atoms with E-state index in [0.29, 0.717) is 12.1 Å². The molecule has 1 aromatic rings. The maximum Gasteiger partial charge on any atom is 0.170 e. The minimum Gasteiger partial charge on any atom is -0.409 e. The molecule has 0 bridgehead atoms. The molecule has 1 aliphatic heterocycles. The number of nitrogens with two attached hydrogens (primary N) is 1. The molecule has 0 amide bonds. The van der Waals surface area contributed by atoms with Gasteiger partial charge in [-0.3, -0.25) is 4.90 Å². The van der Waals surface area contributed by atoms with Crippen LogP contribution in [0.3, 0.4) is 0 Å². The molecule has 116 valence electrons. The van der Waals surface area contributed by atoms with Gasteiger partial charge in [0, 0.05) is 12.1 Å². The summed E-state index contributed by atoms with van der Waals surface area (Å²) in [6, 6.07) is 4.47. The molecular formula is C16H24FN3O. The maximum absolute atomic E-state index is 13.4. The molecule has 1 saturated heterocycles. The van der Waals surface area contributed by atoms with Crippen LogP contribution in [0.2, 0.25) is 0 Å². The van der Waals surface area contributed by atoms with Crippen molar-refractivity contribution in [2.75, 3.05) is 13.1 Å². The van der Waals surface area contributed by atoms with Crippen LogP contribution in [0.4, 0.5) is 4.39 Å². The van der Waals surface area contributed by atoms with Gasteiger partial charge < -0.3 is 10.9 Å². The number of likely N-dealkylation sites (tertiary alicyclic amines) is 1. The molecule has 1 aliphatic rings. The first-order chi connectivity index (χ1) is 10.0. The first-order valence-corrected chi connectivity index (χ1v) is 7.50. The lowest BCUT2D eigenvalue weighted by molar-refractivity contribution is 0.152. The first-order valence-electron chi connectivity index (χ1n) is 7.50. The zero-order chi connectivity index (χ0) is 15.4. The minimum atomic E-state index is -0.376. The van der Waals surface area contributed by atoms with Gasteiger partial charge in [0.05, 0.1) is 0 Å². The molecule has 0 saturated carbocycles. The predicted molar refractivity (Wildman–Crippen MR) is 81.7 cm³/mol. The van der Waals surface area contributed by atoms with Crippen LogP contribution >= 0.6 is 0 Å². The number of amidine groups is 1. The lowest BCUT2D eigenvalue weighted by Gasteiger charge is -2.34. The molecule has 5 heteroatoms. The number of rotatable bonds is 4. The van der Waals surface area contributed by atoms with Gasteiger partial charge in [0.25, 0.3) is 0 Å². The Kier molecular flexibility index (Phi) is 5.17. The van der Waals surface area contributed by atoms with Gasteiger partial charge in [0.1, 0.15) is 5.82 Å². The van der Waals surface area contributed by atoms with E-state index in [1.165, 1.54) is 25.0 Å².